The summed E-state index contributed by atoms with van der Waals surface area (Å²) in [4.78, 5) is 0. The zero-order valence-corrected chi connectivity index (χ0v) is 10.8. The third-order valence-electron chi connectivity index (χ3n) is 2.93. The minimum atomic E-state index is 0.313. The molecule has 0 fully saturated rings. The molecule has 0 aromatic heterocycles. The van der Waals surface area contributed by atoms with Crippen molar-refractivity contribution < 1.29 is 5.11 Å². The van der Waals surface area contributed by atoms with E-state index in [0.29, 0.717) is 18.6 Å². The minimum Gasteiger partial charge on any atom is -0.396 e. The van der Waals surface area contributed by atoms with Gasteiger partial charge in [-0.25, -0.2) is 0 Å². The molecule has 0 saturated heterocycles. The maximum atomic E-state index is 8.77. The number of hydrogen-bond donors (Lipinski definition) is 2. The average molecular weight is 215 g/mol. The fourth-order valence-electron chi connectivity index (χ4n) is 1.70. The van der Waals surface area contributed by atoms with Crippen molar-refractivity contribution in [3.05, 3.63) is 0 Å². The van der Waals surface area contributed by atoms with Crippen molar-refractivity contribution in [2.75, 3.05) is 13.2 Å². The van der Waals surface area contributed by atoms with E-state index in [1.807, 2.05) is 0 Å². The largest absolute Gasteiger partial charge is 0.396 e. The van der Waals surface area contributed by atoms with E-state index in [4.69, 9.17) is 5.11 Å². The fraction of sp³-hybridized carbons (Fsp3) is 1.00. The van der Waals surface area contributed by atoms with E-state index >= 15 is 0 Å². The predicted octanol–water partition coefficient (Wildman–Crippen LogP) is 2.95. The second kappa shape index (κ2) is 10.4. The van der Waals surface area contributed by atoms with Crippen LogP contribution < -0.4 is 5.32 Å². The zero-order chi connectivity index (χ0) is 11.5. The maximum Gasteiger partial charge on any atom is 0.0434 e. The average Bonchev–Trinajstić information content (AvgIpc) is 2.22. The van der Waals surface area contributed by atoms with Crippen LogP contribution >= 0.6 is 0 Å². The Bertz CT molecular complexity index is 128. The molecule has 2 N–H and O–H groups in total. The maximum absolute atomic E-state index is 8.77. The van der Waals surface area contributed by atoms with Gasteiger partial charge in [0.15, 0.2) is 0 Å². The van der Waals surface area contributed by atoms with Gasteiger partial charge in [0.25, 0.3) is 0 Å². The van der Waals surface area contributed by atoms with E-state index in [9.17, 15) is 0 Å². The van der Waals surface area contributed by atoms with E-state index in [-0.39, 0.29) is 0 Å². The quantitative estimate of drug-likeness (QED) is 0.549. The van der Waals surface area contributed by atoms with Crippen LogP contribution in [0.1, 0.15) is 59.3 Å². The standard InChI is InChI=1S/C13H29NO/c1-4-5-6-7-8-13(3)14-11-12(2)9-10-15/h12-15H,4-11H2,1-3H3. The molecule has 2 heteroatoms. The second-order valence-electron chi connectivity index (χ2n) is 4.78. The summed E-state index contributed by atoms with van der Waals surface area (Å²) in [6, 6.07) is 0.628. The Morgan fingerprint density at radius 3 is 2.40 bits per heavy atom. The zero-order valence-electron chi connectivity index (χ0n) is 10.8. The number of aliphatic hydroxyl groups is 1. The lowest BCUT2D eigenvalue weighted by Crippen LogP contribution is -2.30. The van der Waals surface area contributed by atoms with E-state index in [0.717, 1.165) is 13.0 Å². The first-order valence-electron chi connectivity index (χ1n) is 6.55. The Morgan fingerprint density at radius 1 is 1.07 bits per heavy atom. The van der Waals surface area contributed by atoms with Crippen LogP contribution in [0.25, 0.3) is 0 Å². The molecule has 0 aliphatic heterocycles. The lowest BCUT2D eigenvalue weighted by atomic mass is 10.1. The summed E-state index contributed by atoms with van der Waals surface area (Å²) in [7, 11) is 0. The highest BCUT2D eigenvalue weighted by molar-refractivity contribution is 4.64. The van der Waals surface area contributed by atoms with Gasteiger partial charge in [-0.15, -0.1) is 0 Å². The third kappa shape index (κ3) is 10.2. The molecule has 0 saturated carbocycles. The Hall–Kier alpha value is -0.0800. The Balaban J connectivity index is 3.28. The molecule has 0 heterocycles. The first kappa shape index (κ1) is 14.9. The summed E-state index contributed by atoms with van der Waals surface area (Å²) in [6.45, 7) is 8.05. The Kier molecular flexibility index (Phi) is 10.4. The highest BCUT2D eigenvalue weighted by Crippen LogP contribution is 2.06. The number of nitrogens with one attached hydrogen (secondary N) is 1. The van der Waals surface area contributed by atoms with Crippen molar-refractivity contribution in [1.82, 2.24) is 5.32 Å². The van der Waals surface area contributed by atoms with Crippen molar-refractivity contribution >= 4 is 0 Å². The lowest BCUT2D eigenvalue weighted by Gasteiger charge is -2.17. The molecule has 92 valence electrons. The Labute approximate surface area is 95.5 Å². The molecule has 0 aromatic rings. The van der Waals surface area contributed by atoms with Crippen molar-refractivity contribution in [2.45, 2.75) is 65.3 Å². The van der Waals surface area contributed by atoms with Gasteiger partial charge in [0.2, 0.25) is 0 Å². The number of aliphatic hydroxyl groups excluding tert-OH is 1. The minimum absolute atomic E-state index is 0.313. The Morgan fingerprint density at radius 2 is 1.80 bits per heavy atom. The monoisotopic (exact) mass is 215 g/mol. The van der Waals surface area contributed by atoms with Crippen LogP contribution in [0.3, 0.4) is 0 Å². The van der Waals surface area contributed by atoms with Crippen molar-refractivity contribution in [3.63, 3.8) is 0 Å². The number of hydrogen-bond acceptors (Lipinski definition) is 2. The van der Waals surface area contributed by atoms with Gasteiger partial charge in [-0.2, -0.15) is 0 Å². The van der Waals surface area contributed by atoms with E-state index in [2.05, 4.69) is 26.1 Å². The van der Waals surface area contributed by atoms with Crippen LogP contribution in [0, 0.1) is 5.92 Å². The molecular weight excluding hydrogens is 186 g/mol. The summed E-state index contributed by atoms with van der Waals surface area (Å²) in [5.74, 6) is 0.591. The van der Waals surface area contributed by atoms with Gasteiger partial charge < -0.3 is 10.4 Å². The summed E-state index contributed by atoms with van der Waals surface area (Å²) in [5, 5.41) is 12.3. The molecule has 0 rings (SSSR count). The summed E-state index contributed by atoms with van der Waals surface area (Å²) in [6.07, 6.45) is 7.59. The summed E-state index contributed by atoms with van der Waals surface area (Å²) in [5.41, 5.74) is 0. The van der Waals surface area contributed by atoms with Gasteiger partial charge >= 0.3 is 0 Å². The molecule has 0 spiro atoms. The van der Waals surface area contributed by atoms with Crippen LogP contribution in [-0.4, -0.2) is 24.3 Å². The number of unbranched alkanes of at least 4 members (excludes halogenated alkanes) is 3. The molecular formula is C13H29NO. The molecule has 0 aliphatic rings. The molecule has 2 unspecified atom stereocenters. The highest BCUT2D eigenvalue weighted by atomic mass is 16.3. The molecule has 0 amide bonds. The van der Waals surface area contributed by atoms with Gasteiger partial charge in [0.05, 0.1) is 0 Å². The summed E-state index contributed by atoms with van der Waals surface area (Å²) < 4.78 is 0. The SMILES string of the molecule is CCCCCCC(C)NCC(C)CCO. The molecule has 0 aromatic carbocycles. The first-order chi connectivity index (χ1) is 7.20. The second-order valence-corrected chi connectivity index (χ2v) is 4.78. The molecule has 15 heavy (non-hydrogen) atoms. The lowest BCUT2D eigenvalue weighted by molar-refractivity contribution is 0.257. The van der Waals surface area contributed by atoms with Crippen LogP contribution in [-0.2, 0) is 0 Å². The molecule has 2 nitrogen and oxygen atoms in total. The van der Waals surface area contributed by atoms with Gasteiger partial charge in [0, 0.05) is 12.6 Å². The van der Waals surface area contributed by atoms with Crippen molar-refractivity contribution in [2.24, 2.45) is 5.92 Å². The van der Waals surface area contributed by atoms with Gasteiger partial charge in [0.1, 0.15) is 0 Å². The van der Waals surface area contributed by atoms with Crippen molar-refractivity contribution in [3.8, 4) is 0 Å². The van der Waals surface area contributed by atoms with Crippen LogP contribution in [0.2, 0.25) is 0 Å². The third-order valence-corrected chi connectivity index (χ3v) is 2.93. The highest BCUT2D eigenvalue weighted by Gasteiger charge is 2.04. The van der Waals surface area contributed by atoms with E-state index in [1.54, 1.807) is 0 Å². The van der Waals surface area contributed by atoms with Gasteiger partial charge in [-0.3, -0.25) is 0 Å². The van der Waals surface area contributed by atoms with Crippen LogP contribution in [0.5, 0.6) is 0 Å². The van der Waals surface area contributed by atoms with Gasteiger partial charge in [-0.05, 0) is 32.2 Å². The molecule has 0 bridgehead atoms. The smallest absolute Gasteiger partial charge is 0.0434 e. The van der Waals surface area contributed by atoms with E-state index < -0.39 is 0 Å². The summed E-state index contributed by atoms with van der Waals surface area (Å²) >= 11 is 0. The molecule has 0 aliphatic carbocycles. The van der Waals surface area contributed by atoms with E-state index in [1.165, 1.54) is 32.1 Å². The van der Waals surface area contributed by atoms with Crippen molar-refractivity contribution in [1.29, 1.82) is 0 Å². The number of rotatable bonds is 10. The van der Waals surface area contributed by atoms with Gasteiger partial charge in [-0.1, -0.05) is 39.5 Å². The normalized spacial score (nSPS) is 15.2. The van der Waals surface area contributed by atoms with Crippen LogP contribution in [0.4, 0.5) is 0 Å². The first-order valence-corrected chi connectivity index (χ1v) is 6.55. The predicted molar refractivity (Wildman–Crippen MR) is 67.1 cm³/mol. The van der Waals surface area contributed by atoms with Crippen LogP contribution in [0.15, 0.2) is 0 Å². The fourth-order valence-corrected chi connectivity index (χ4v) is 1.70. The topological polar surface area (TPSA) is 32.3 Å². The molecule has 0 radical (unpaired) electrons. The molecule has 2 atom stereocenters.